The number of H-pyrrole nitrogens is 1. The Morgan fingerprint density at radius 3 is 2.67 bits per heavy atom. The Hall–Kier alpha value is -0.850. The normalized spacial score (nSPS) is 18.8. The van der Waals surface area contributed by atoms with E-state index >= 15 is 0 Å². The van der Waals surface area contributed by atoms with Crippen LogP contribution in [-0.2, 0) is 16.6 Å². The van der Waals surface area contributed by atoms with Crippen LogP contribution in [0.5, 0.6) is 0 Å². The molecule has 5 nitrogen and oxygen atoms in total. The van der Waals surface area contributed by atoms with Crippen molar-refractivity contribution in [3.8, 4) is 0 Å². The Kier molecular flexibility index (Phi) is 5.84. The summed E-state index contributed by atoms with van der Waals surface area (Å²) in [7, 11) is -1.59. The average molecular weight is 313 g/mol. The zero-order chi connectivity index (χ0) is 15.3. The lowest BCUT2D eigenvalue weighted by Gasteiger charge is -2.29. The molecule has 1 aromatic rings. The summed E-state index contributed by atoms with van der Waals surface area (Å²) in [5.74, 6) is 0.481. The van der Waals surface area contributed by atoms with Gasteiger partial charge in [0.1, 0.15) is 0 Å². The summed E-state index contributed by atoms with van der Waals surface area (Å²) >= 11 is 0. The maximum atomic E-state index is 12.5. The van der Waals surface area contributed by atoms with Crippen LogP contribution in [0.4, 0.5) is 0 Å². The molecule has 0 aliphatic heterocycles. The van der Waals surface area contributed by atoms with E-state index in [4.69, 9.17) is 0 Å². The fourth-order valence-corrected chi connectivity index (χ4v) is 4.59. The minimum absolute atomic E-state index is 0.0537. The van der Waals surface area contributed by atoms with Crippen LogP contribution in [-0.4, -0.2) is 26.5 Å². The van der Waals surface area contributed by atoms with Gasteiger partial charge in [-0.15, -0.1) is 0 Å². The first kappa shape index (κ1) is 16.5. The van der Waals surface area contributed by atoms with Gasteiger partial charge in [0.15, 0.2) is 0 Å². The second-order valence-corrected chi connectivity index (χ2v) is 7.64. The molecule has 0 radical (unpaired) electrons. The van der Waals surface area contributed by atoms with Crippen molar-refractivity contribution in [2.45, 2.75) is 62.9 Å². The third kappa shape index (κ3) is 4.31. The Morgan fingerprint density at radius 1 is 1.33 bits per heavy atom. The highest BCUT2D eigenvalue weighted by atomic mass is 32.2. The largest absolute Gasteiger partial charge is 0.363 e. The standard InChI is InChI=1S/C15H27N3O2S/c1-3-15(12-7-5-4-6-8-12)18-21(19,20)14-9-13(10-16-2)17-11-14/h9,11-12,15-18H,3-8,10H2,1-2H3. The van der Waals surface area contributed by atoms with Crippen molar-refractivity contribution in [3.63, 3.8) is 0 Å². The summed E-state index contributed by atoms with van der Waals surface area (Å²) < 4.78 is 27.9. The number of nitrogens with one attached hydrogen (secondary N) is 3. The van der Waals surface area contributed by atoms with Crippen LogP contribution in [0.15, 0.2) is 17.2 Å². The molecule has 0 amide bonds. The van der Waals surface area contributed by atoms with Gasteiger partial charge in [0.05, 0.1) is 4.90 Å². The van der Waals surface area contributed by atoms with Gasteiger partial charge in [-0.3, -0.25) is 0 Å². The van der Waals surface area contributed by atoms with Crippen molar-refractivity contribution < 1.29 is 8.42 Å². The van der Waals surface area contributed by atoms with E-state index in [0.717, 1.165) is 25.0 Å². The molecule has 1 aliphatic carbocycles. The molecule has 1 aromatic heterocycles. The molecule has 0 spiro atoms. The smallest absolute Gasteiger partial charge is 0.242 e. The van der Waals surface area contributed by atoms with E-state index in [-0.39, 0.29) is 6.04 Å². The quantitative estimate of drug-likeness (QED) is 0.723. The predicted molar refractivity (Wildman–Crippen MR) is 84.5 cm³/mol. The number of sulfonamides is 1. The molecule has 120 valence electrons. The van der Waals surface area contributed by atoms with Crippen LogP contribution in [0.1, 0.15) is 51.1 Å². The van der Waals surface area contributed by atoms with Gasteiger partial charge in [-0.2, -0.15) is 0 Å². The molecular formula is C15H27N3O2S. The van der Waals surface area contributed by atoms with Gasteiger partial charge in [0.2, 0.25) is 10.0 Å². The van der Waals surface area contributed by atoms with Crippen LogP contribution in [0, 0.1) is 5.92 Å². The van der Waals surface area contributed by atoms with Crippen LogP contribution >= 0.6 is 0 Å². The van der Waals surface area contributed by atoms with Crippen molar-refractivity contribution in [1.29, 1.82) is 0 Å². The molecule has 1 aliphatic rings. The Morgan fingerprint density at radius 2 is 2.05 bits per heavy atom. The summed E-state index contributed by atoms with van der Waals surface area (Å²) in [6.45, 7) is 2.70. The van der Waals surface area contributed by atoms with Crippen molar-refractivity contribution in [2.24, 2.45) is 5.92 Å². The molecule has 2 rings (SSSR count). The summed E-state index contributed by atoms with van der Waals surface area (Å²) in [5.41, 5.74) is 0.878. The molecule has 1 saturated carbocycles. The van der Waals surface area contributed by atoms with Gasteiger partial charge in [0, 0.05) is 24.5 Å². The summed E-state index contributed by atoms with van der Waals surface area (Å²) in [4.78, 5) is 3.34. The van der Waals surface area contributed by atoms with Crippen LogP contribution in [0.3, 0.4) is 0 Å². The van der Waals surface area contributed by atoms with E-state index in [1.165, 1.54) is 19.3 Å². The van der Waals surface area contributed by atoms with Crippen molar-refractivity contribution in [3.05, 3.63) is 18.0 Å². The SMILES string of the molecule is CCC(NS(=O)(=O)c1c[nH]c(CNC)c1)C1CCCCC1. The molecule has 1 heterocycles. The number of rotatable bonds is 7. The monoisotopic (exact) mass is 313 g/mol. The summed E-state index contributed by atoms with van der Waals surface area (Å²) in [5, 5.41) is 3.01. The Bertz CT molecular complexity index is 533. The first-order chi connectivity index (χ1) is 10.1. The molecule has 1 atom stereocenters. The van der Waals surface area contributed by atoms with E-state index in [1.54, 1.807) is 12.3 Å². The van der Waals surface area contributed by atoms with Gasteiger partial charge in [-0.25, -0.2) is 13.1 Å². The topological polar surface area (TPSA) is 74.0 Å². The highest BCUT2D eigenvalue weighted by Gasteiger charge is 2.27. The fraction of sp³-hybridized carbons (Fsp3) is 0.733. The van der Waals surface area contributed by atoms with Gasteiger partial charge >= 0.3 is 0 Å². The fourth-order valence-electron chi connectivity index (χ4n) is 3.18. The third-order valence-electron chi connectivity index (χ3n) is 4.36. The third-order valence-corrected chi connectivity index (χ3v) is 5.83. The second-order valence-electron chi connectivity index (χ2n) is 5.93. The lowest BCUT2D eigenvalue weighted by molar-refractivity contribution is 0.285. The molecule has 3 N–H and O–H groups in total. The summed E-state index contributed by atoms with van der Waals surface area (Å²) in [6.07, 6.45) is 8.42. The number of hydrogen-bond acceptors (Lipinski definition) is 3. The van der Waals surface area contributed by atoms with E-state index < -0.39 is 10.0 Å². The number of aromatic amines is 1. The van der Waals surface area contributed by atoms with Gasteiger partial charge in [-0.1, -0.05) is 26.2 Å². The summed E-state index contributed by atoms with van der Waals surface area (Å²) in [6, 6.07) is 1.75. The molecule has 0 bridgehead atoms. The Labute approximate surface area is 128 Å². The zero-order valence-corrected chi connectivity index (χ0v) is 13.8. The first-order valence-corrected chi connectivity index (χ1v) is 9.39. The number of hydrogen-bond donors (Lipinski definition) is 3. The van der Waals surface area contributed by atoms with E-state index in [2.05, 4.69) is 21.9 Å². The lowest BCUT2D eigenvalue weighted by atomic mass is 9.83. The minimum Gasteiger partial charge on any atom is -0.363 e. The van der Waals surface area contributed by atoms with Crippen LogP contribution in [0.2, 0.25) is 0 Å². The van der Waals surface area contributed by atoms with Crippen molar-refractivity contribution in [2.75, 3.05) is 7.05 Å². The molecule has 21 heavy (non-hydrogen) atoms. The van der Waals surface area contributed by atoms with Crippen LogP contribution in [0.25, 0.3) is 0 Å². The lowest BCUT2D eigenvalue weighted by Crippen LogP contribution is -2.40. The average Bonchev–Trinajstić information content (AvgIpc) is 2.96. The van der Waals surface area contributed by atoms with Crippen molar-refractivity contribution in [1.82, 2.24) is 15.0 Å². The first-order valence-electron chi connectivity index (χ1n) is 7.91. The van der Waals surface area contributed by atoms with Crippen molar-refractivity contribution >= 4 is 10.0 Å². The second kappa shape index (κ2) is 7.42. The molecule has 1 unspecified atom stereocenters. The Balaban J connectivity index is 2.06. The van der Waals surface area contributed by atoms with Gasteiger partial charge in [0.25, 0.3) is 0 Å². The molecular weight excluding hydrogens is 286 g/mol. The minimum atomic E-state index is -3.43. The molecule has 0 aromatic carbocycles. The maximum absolute atomic E-state index is 12.5. The maximum Gasteiger partial charge on any atom is 0.242 e. The van der Waals surface area contributed by atoms with Crippen LogP contribution < -0.4 is 10.0 Å². The molecule has 1 fully saturated rings. The molecule has 0 saturated heterocycles. The predicted octanol–water partition coefficient (Wildman–Crippen LogP) is 2.37. The highest BCUT2D eigenvalue weighted by Crippen LogP contribution is 2.28. The van der Waals surface area contributed by atoms with E-state index in [0.29, 0.717) is 17.4 Å². The van der Waals surface area contributed by atoms with E-state index in [9.17, 15) is 8.42 Å². The molecule has 6 heteroatoms. The van der Waals surface area contributed by atoms with Gasteiger partial charge in [-0.05, 0) is 38.3 Å². The zero-order valence-electron chi connectivity index (χ0n) is 13.0. The van der Waals surface area contributed by atoms with Gasteiger partial charge < -0.3 is 10.3 Å². The van der Waals surface area contributed by atoms with E-state index in [1.807, 2.05) is 7.05 Å². The number of aromatic nitrogens is 1. The highest BCUT2D eigenvalue weighted by molar-refractivity contribution is 7.89.